The van der Waals surface area contributed by atoms with Gasteiger partial charge in [-0.15, -0.1) is 0 Å². The molecule has 0 amide bonds. The van der Waals surface area contributed by atoms with Gasteiger partial charge in [-0.1, -0.05) is 16.8 Å². The molecule has 3 aromatic rings. The molecule has 0 aliphatic carbocycles. The smallest absolute Gasteiger partial charge is 0.140 e. The molecule has 20 heavy (non-hydrogen) atoms. The lowest BCUT2D eigenvalue weighted by atomic mass is 10.3. The summed E-state index contributed by atoms with van der Waals surface area (Å²) in [5.74, 6) is 1.66. The summed E-state index contributed by atoms with van der Waals surface area (Å²) in [5, 5.41) is 5.28. The van der Waals surface area contributed by atoms with Gasteiger partial charge >= 0.3 is 0 Å². The van der Waals surface area contributed by atoms with Crippen molar-refractivity contribution in [3.63, 3.8) is 0 Å². The van der Waals surface area contributed by atoms with Crippen LogP contribution in [0.25, 0.3) is 11.0 Å². The molecular formula is C14H14ClN3O2. The Kier molecular flexibility index (Phi) is 3.46. The number of aromatic nitrogens is 2. The van der Waals surface area contributed by atoms with Crippen molar-refractivity contribution in [3.8, 4) is 0 Å². The monoisotopic (exact) mass is 291 g/mol. The zero-order valence-corrected chi connectivity index (χ0v) is 12.0. The summed E-state index contributed by atoms with van der Waals surface area (Å²) in [6.07, 6.45) is 1.64. The Morgan fingerprint density at radius 1 is 1.30 bits per heavy atom. The van der Waals surface area contributed by atoms with Crippen molar-refractivity contribution in [1.82, 2.24) is 15.0 Å². The van der Waals surface area contributed by atoms with Gasteiger partial charge in [0.2, 0.25) is 0 Å². The molecule has 0 aliphatic heterocycles. The predicted molar refractivity (Wildman–Crippen MR) is 75.4 cm³/mol. The SMILES string of the molecule is Cc1cc(CN(C)Cc2cc3c(Cl)nccc3o2)no1. The molecule has 0 radical (unpaired) electrons. The van der Waals surface area contributed by atoms with E-state index in [1.807, 2.05) is 32.2 Å². The van der Waals surface area contributed by atoms with Crippen LogP contribution < -0.4 is 0 Å². The van der Waals surface area contributed by atoms with Crippen LogP contribution in [-0.2, 0) is 13.1 Å². The zero-order chi connectivity index (χ0) is 14.1. The molecule has 0 saturated heterocycles. The number of nitrogens with zero attached hydrogens (tertiary/aromatic N) is 3. The molecule has 0 fully saturated rings. The minimum atomic E-state index is 0.465. The van der Waals surface area contributed by atoms with E-state index in [0.29, 0.717) is 18.2 Å². The fourth-order valence-corrected chi connectivity index (χ4v) is 2.36. The van der Waals surface area contributed by atoms with E-state index < -0.39 is 0 Å². The molecule has 0 aromatic carbocycles. The standard InChI is InChI=1S/C14H14ClN3O2/c1-9-5-10(17-20-9)7-18(2)8-11-6-12-13(19-11)3-4-16-14(12)15/h3-6H,7-8H2,1-2H3. The number of hydrogen-bond donors (Lipinski definition) is 0. The lowest BCUT2D eigenvalue weighted by Crippen LogP contribution is -2.16. The molecule has 0 saturated carbocycles. The quantitative estimate of drug-likeness (QED) is 0.690. The molecule has 0 bridgehead atoms. The van der Waals surface area contributed by atoms with E-state index in [1.165, 1.54) is 0 Å². The minimum absolute atomic E-state index is 0.465. The van der Waals surface area contributed by atoms with Gasteiger partial charge in [0.1, 0.15) is 22.3 Å². The lowest BCUT2D eigenvalue weighted by Gasteiger charge is -2.12. The Morgan fingerprint density at radius 2 is 2.15 bits per heavy atom. The summed E-state index contributed by atoms with van der Waals surface area (Å²) in [6, 6.07) is 5.66. The first-order valence-electron chi connectivity index (χ1n) is 6.25. The van der Waals surface area contributed by atoms with Crippen LogP contribution in [0.1, 0.15) is 17.2 Å². The van der Waals surface area contributed by atoms with E-state index >= 15 is 0 Å². The first kappa shape index (κ1) is 13.1. The molecule has 6 heteroatoms. The van der Waals surface area contributed by atoms with E-state index in [9.17, 15) is 0 Å². The van der Waals surface area contributed by atoms with Gasteiger partial charge in [-0.05, 0) is 26.1 Å². The highest BCUT2D eigenvalue weighted by molar-refractivity contribution is 6.34. The van der Waals surface area contributed by atoms with E-state index in [4.69, 9.17) is 20.5 Å². The van der Waals surface area contributed by atoms with E-state index in [-0.39, 0.29) is 0 Å². The molecule has 3 aromatic heterocycles. The zero-order valence-electron chi connectivity index (χ0n) is 11.3. The number of aryl methyl sites for hydroxylation is 1. The summed E-state index contributed by atoms with van der Waals surface area (Å²) < 4.78 is 10.8. The van der Waals surface area contributed by atoms with Crippen molar-refractivity contribution in [2.24, 2.45) is 0 Å². The van der Waals surface area contributed by atoms with Crippen molar-refractivity contribution in [2.75, 3.05) is 7.05 Å². The van der Waals surface area contributed by atoms with Gasteiger partial charge < -0.3 is 8.94 Å². The Labute approximate surface area is 121 Å². The average Bonchev–Trinajstić information content (AvgIpc) is 2.96. The van der Waals surface area contributed by atoms with Crippen molar-refractivity contribution in [3.05, 3.63) is 46.8 Å². The van der Waals surface area contributed by atoms with Gasteiger partial charge in [-0.25, -0.2) is 4.98 Å². The van der Waals surface area contributed by atoms with Crippen molar-refractivity contribution in [2.45, 2.75) is 20.0 Å². The molecular weight excluding hydrogens is 278 g/mol. The van der Waals surface area contributed by atoms with E-state index in [0.717, 1.165) is 28.2 Å². The minimum Gasteiger partial charge on any atom is -0.460 e. The predicted octanol–water partition coefficient (Wildman–Crippen LogP) is 3.41. The van der Waals surface area contributed by atoms with E-state index in [1.54, 1.807) is 6.20 Å². The first-order chi connectivity index (χ1) is 9.61. The molecule has 3 rings (SSSR count). The second-order valence-corrected chi connectivity index (χ2v) is 5.19. The maximum atomic E-state index is 6.03. The van der Waals surface area contributed by atoms with Crippen molar-refractivity contribution < 1.29 is 8.94 Å². The average molecular weight is 292 g/mol. The second kappa shape index (κ2) is 5.26. The topological polar surface area (TPSA) is 55.3 Å². The highest BCUT2D eigenvalue weighted by atomic mass is 35.5. The van der Waals surface area contributed by atoms with Crippen LogP contribution in [0.4, 0.5) is 0 Å². The Bertz CT molecular complexity index is 735. The Hall–Kier alpha value is -1.85. The highest BCUT2D eigenvalue weighted by Gasteiger charge is 2.11. The highest BCUT2D eigenvalue weighted by Crippen LogP contribution is 2.25. The van der Waals surface area contributed by atoms with Crippen LogP contribution in [0.5, 0.6) is 0 Å². The van der Waals surface area contributed by atoms with Crippen LogP contribution in [0, 0.1) is 6.92 Å². The van der Waals surface area contributed by atoms with Gasteiger partial charge in [-0.2, -0.15) is 0 Å². The summed E-state index contributed by atoms with van der Waals surface area (Å²) in [6.45, 7) is 3.24. The normalized spacial score (nSPS) is 11.6. The Balaban J connectivity index is 1.74. The van der Waals surface area contributed by atoms with E-state index in [2.05, 4.69) is 15.0 Å². The summed E-state index contributed by atoms with van der Waals surface area (Å²) in [7, 11) is 2.00. The number of pyridine rings is 1. The van der Waals surface area contributed by atoms with Gasteiger partial charge in [-0.3, -0.25) is 4.90 Å². The van der Waals surface area contributed by atoms with Gasteiger partial charge in [0.05, 0.1) is 17.6 Å². The van der Waals surface area contributed by atoms with Crippen molar-refractivity contribution >= 4 is 22.6 Å². The second-order valence-electron chi connectivity index (χ2n) is 4.83. The van der Waals surface area contributed by atoms with Crippen LogP contribution in [0.2, 0.25) is 5.15 Å². The number of rotatable bonds is 4. The van der Waals surface area contributed by atoms with Gasteiger partial charge in [0.25, 0.3) is 0 Å². The molecule has 104 valence electrons. The number of hydrogen-bond acceptors (Lipinski definition) is 5. The molecule has 0 unspecified atom stereocenters. The van der Waals surface area contributed by atoms with Crippen LogP contribution in [0.15, 0.2) is 33.3 Å². The van der Waals surface area contributed by atoms with Gasteiger partial charge in [0, 0.05) is 18.8 Å². The molecule has 3 heterocycles. The fraction of sp³-hybridized carbons (Fsp3) is 0.286. The van der Waals surface area contributed by atoms with Crippen LogP contribution >= 0.6 is 11.6 Å². The lowest BCUT2D eigenvalue weighted by molar-refractivity contribution is 0.280. The summed E-state index contributed by atoms with van der Waals surface area (Å²) in [4.78, 5) is 6.13. The van der Waals surface area contributed by atoms with Crippen molar-refractivity contribution in [1.29, 1.82) is 0 Å². The molecule has 0 spiro atoms. The first-order valence-corrected chi connectivity index (χ1v) is 6.63. The third-order valence-corrected chi connectivity index (χ3v) is 3.28. The molecule has 0 aliphatic rings. The molecule has 0 N–H and O–H groups in total. The maximum absolute atomic E-state index is 6.03. The third kappa shape index (κ3) is 2.69. The Morgan fingerprint density at radius 3 is 2.85 bits per heavy atom. The molecule has 5 nitrogen and oxygen atoms in total. The number of fused-ring (bicyclic) bond motifs is 1. The molecule has 0 atom stereocenters. The number of halogens is 1. The maximum Gasteiger partial charge on any atom is 0.140 e. The third-order valence-electron chi connectivity index (χ3n) is 2.98. The van der Waals surface area contributed by atoms with Gasteiger partial charge in [0.15, 0.2) is 0 Å². The van der Waals surface area contributed by atoms with Crippen LogP contribution in [0.3, 0.4) is 0 Å². The largest absolute Gasteiger partial charge is 0.460 e. The summed E-state index contributed by atoms with van der Waals surface area (Å²) in [5.41, 5.74) is 1.66. The number of furan rings is 1. The van der Waals surface area contributed by atoms with Crippen LogP contribution in [-0.4, -0.2) is 22.1 Å². The summed E-state index contributed by atoms with van der Waals surface area (Å²) >= 11 is 6.03. The fourth-order valence-electron chi connectivity index (χ4n) is 2.15.